The Morgan fingerprint density at radius 1 is 0.404 bits per heavy atom. The number of aromatic nitrogens is 2. The summed E-state index contributed by atoms with van der Waals surface area (Å²) in [5, 5.41) is 11.9. The van der Waals surface area contributed by atoms with E-state index in [4.69, 9.17) is 4.42 Å². The highest BCUT2D eigenvalue weighted by molar-refractivity contribution is 7.26. The topological polar surface area (TPSA) is 38.9 Å². The summed E-state index contributed by atoms with van der Waals surface area (Å²) in [6.07, 6.45) is 7.81. The van der Waals surface area contributed by atoms with Gasteiger partial charge in [-0.2, -0.15) is 0 Å². The Kier molecular flexibility index (Phi) is 5.14. The third-order valence-electron chi connectivity index (χ3n) is 9.66. The van der Waals surface area contributed by atoms with Gasteiger partial charge in [0.2, 0.25) is 0 Å². The van der Waals surface area contributed by atoms with Crippen molar-refractivity contribution in [2.75, 3.05) is 0 Å². The molecular weight excluding hydrogens is 613 g/mol. The summed E-state index contributed by atoms with van der Waals surface area (Å²) in [5.74, 6) is 0. The SMILES string of the molecule is c1ccc2c(c1)sc1c(-c3cc4oc5cc(-c6cccc7c6sc6ccccc67)c6cnccc6c5c4c4ccncc34)cccc12. The number of pyridine rings is 2. The van der Waals surface area contributed by atoms with Gasteiger partial charge in [-0.05, 0) is 58.3 Å². The lowest BCUT2D eigenvalue weighted by molar-refractivity contribution is 0.670. The summed E-state index contributed by atoms with van der Waals surface area (Å²) in [6.45, 7) is 0. The van der Waals surface area contributed by atoms with Gasteiger partial charge in [-0.3, -0.25) is 9.97 Å². The van der Waals surface area contributed by atoms with Crippen molar-refractivity contribution in [1.82, 2.24) is 9.97 Å². The molecule has 47 heavy (non-hydrogen) atoms. The molecule has 0 aliphatic rings. The summed E-state index contributed by atoms with van der Waals surface area (Å²) in [6, 6.07) is 39.4. The van der Waals surface area contributed by atoms with Gasteiger partial charge in [0.25, 0.3) is 0 Å². The first kappa shape index (κ1) is 25.6. The fourth-order valence-electron chi connectivity index (χ4n) is 7.64. The van der Waals surface area contributed by atoms with Crippen LogP contribution in [0.2, 0.25) is 0 Å². The van der Waals surface area contributed by atoms with Crippen LogP contribution in [0.5, 0.6) is 0 Å². The van der Waals surface area contributed by atoms with Crippen LogP contribution in [0.15, 0.2) is 138 Å². The van der Waals surface area contributed by atoms with Crippen molar-refractivity contribution in [3.8, 4) is 22.3 Å². The molecule has 0 aliphatic heterocycles. The molecule has 11 rings (SSSR count). The first-order chi connectivity index (χ1) is 23.3. The zero-order valence-electron chi connectivity index (χ0n) is 24.8. The first-order valence-electron chi connectivity index (χ1n) is 15.6. The minimum atomic E-state index is 0.877. The van der Waals surface area contributed by atoms with E-state index in [1.807, 2.05) is 47.5 Å². The normalized spacial score (nSPS) is 12.3. The molecule has 5 heterocycles. The number of rotatable bonds is 2. The Morgan fingerprint density at radius 2 is 0.872 bits per heavy atom. The van der Waals surface area contributed by atoms with Crippen molar-refractivity contribution in [2.45, 2.75) is 0 Å². The summed E-state index contributed by atoms with van der Waals surface area (Å²) in [4.78, 5) is 9.24. The summed E-state index contributed by atoms with van der Waals surface area (Å²) < 4.78 is 12.1. The van der Waals surface area contributed by atoms with Crippen molar-refractivity contribution in [2.24, 2.45) is 0 Å². The summed E-state index contributed by atoms with van der Waals surface area (Å²) >= 11 is 3.70. The van der Waals surface area contributed by atoms with E-state index in [0.29, 0.717) is 0 Å². The molecule has 0 atom stereocenters. The second kappa shape index (κ2) is 9.46. The fraction of sp³-hybridized carbons (Fsp3) is 0. The number of hydrogen-bond donors (Lipinski definition) is 0. The predicted molar refractivity (Wildman–Crippen MR) is 201 cm³/mol. The smallest absolute Gasteiger partial charge is 0.136 e. The zero-order valence-corrected chi connectivity index (χ0v) is 26.5. The fourth-order valence-corrected chi connectivity index (χ4v) is 10.1. The Hall–Kier alpha value is -5.62. The number of furan rings is 1. The van der Waals surface area contributed by atoms with Crippen molar-refractivity contribution in [3.05, 3.63) is 134 Å². The minimum Gasteiger partial charge on any atom is -0.456 e. The molecule has 0 aliphatic carbocycles. The van der Waals surface area contributed by atoms with Gasteiger partial charge in [-0.25, -0.2) is 0 Å². The molecule has 218 valence electrons. The van der Waals surface area contributed by atoms with Gasteiger partial charge < -0.3 is 4.42 Å². The Morgan fingerprint density at radius 3 is 1.38 bits per heavy atom. The molecule has 0 bridgehead atoms. The van der Waals surface area contributed by atoms with Gasteiger partial charge in [0.15, 0.2) is 0 Å². The second-order valence-electron chi connectivity index (χ2n) is 12.1. The molecule has 0 N–H and O–H groups in total. The number of fused-ring (bicyclic) bond motifs is 13. The van der Waals surface area contributed by atoms with Crippen LogP contribution in [0.3, 0.4) is 0 Å². The van der Waals surface area contributed by atoms with Gasteiger partial charge in [-0.1, -0.05) is 72.8 Å². The highest BCUT2D eigenvalue weighted by Crippen LogP contribution is 2.48. The standard InChI is InChI=1S/C42H22N2OS2/c1-3-13-37-23(7-1)27-9-5-11-29(41(27)46-37)31-19-35-39(25-15-17-43-21-33(25)31)40-26-16-18-44-22-34(26)32(20-36(40)45-35)30-12-6-10-28-24-8-2-4-14-38(24)47-42(28)30/h1-22H. The van der Waals surface area contributed by atoms with Gasteiger partial charge >= 0.3 is 0 Å². The molecule has 11 aromatic rings. The number of nitrogens with zero attached hydrogens (tertiary/aromatic N) is 2. The van der Waals surface area contributed by atoms with Crippen LogP contribution in [0.1, 0.15) is 0 Å². The molecule has 3 nitrogen and oxygen atoms in total. The zero-order chi connectivity index (χ0) is 30.6. The van der Waals surface area contributed by atoms with Gasteiger partial charge in [0, 0.05) is 97.8 Å². The van der Waals surface area contributed by atoms with Crippen LogP contribution in [0.25, 0.3) is 106 Å². The molecule has 0 saturated heterocycles. The largest absolute Gasteiger partial charge is 0.456 e. The lowest BCUT2D eigenvalue weighted by atomic mass is 9.92. The van der Waals surface area contributed by atoms with Crippen LogP contribution in [0.4, 0.5) is 0 Å². The minimum absolute atomic E-state index is 0.877. The maximum Gasteiger partial charge on any atom is 0.136 e. The molecule has 6 aromatic carbocycles. The van der Waals surface area contributed by atoms with E-state index in [2.05, 4.69) is 119 Å². The van der Waals surface area contributed by atoms with E-state index < -0.39 is 0 Å². The molecule has 5 aromatic heterocycles. The molecule has 5 heteroatoms. The lowest BCUT2D eigenvalue weighted by Crippen LogP contribution is -1.86. The number of benzene rings is 6. The van der Waals surface area contributed by atoms with Crippen molar-refractivity contribution in [3.63, 3.8) is 0 Å². The predicted octanol–water partition coefficient (Wildman–Crippen LogP) is 12.8. The van der Waals surface area contributed by atoms with Crippen molar-refractivity contribution < 1.29 is 4.42 Å². The molecule has 0 saturated carbocycles. The molecule has 0 amide bonds. The Labute approximate surface area is 276 Å². The first-order valence-corrected chi connectivity index (χ1v) is 17.3. The molecule has 0 fully saturated rings. The van der Waals surface area contributed by atoms with E-state index >= 15 is 0 Å². The third kappa shape index (κ3) is 3.50. The average molecular weight is 635 g/mol. The highest BCUT2D eigenvalue weighted by Gasteiger charge is 2.22. The van der Waals surface area contributed by atoms with Crippen LogP contribution in [-0.2, 0) is 0 Å². The number of thiophene rings is 2. The van der Waals surface area contributed by atoms with Crippen LogP contribution in [-0.4, -0.2) is 9.97 Å². The van der Waals surface area contributed by atoms with Crippen LogP contribution < -0.4 is 0 Å². The van der Waals surface area contributed by atoms with E-state index in [1.165, 1.54) is 51.5 Å². The van der Waals surface area contributed by atoms with E-state index in [1.54, 1.807) is 0 Å². The van der Waals surface area contributed by atoms with Crippen LogP contribution in [0, 0.1) is 0 Å². The summed E-state index contributed by atoms with van der Waals surface area (Å²) in [5.41, 5.74) is 6.44. The van der Waals surface area contributed by atoms with Crippen molar-refractivity contribution in [1.29, 1.82) is 0 Å². The quantitative estimate of drug-likeness (QED) is 0.190. The monoisotopic (exact) mass is 634 g/mol. The maximum atomic E-state index is 6.90. The van der Waals surface area contributed by atoms with Gasteiger partial charge in [-0.15, -0.1) is 22.7 Å². The lowest BCUT2D eigenvalue weighted by Gasteiger charge is -2.11. The van der Waals surface area contributed by atoms with E-state index in [-0.39, 0.29) is 0 Å². The number of hydrogen-bond acceptors (Lipinski definition) is 5. The second-order valence-corrected chi connectivity index (χ2v) is 14.2. The van der Waals surface area contributed by atoms with E-state index in [9.17, 15) is 0 Å². The van der Waals surface area contributed by atoms with E-state index in [0.717, 1.165) is 54.6 Å². The molecule has 0 unspecified atom stereocenters. The average Bonchev–Trinajstić information content (AvgIpc) is 3.82. The van der Waals surface area contributed by atoms with Gasteiger partial charge in [0.05, 0.1) is 0 Å². The van der Waals surface area contributed by atoms with Crippen molar-refractivity contribution >= 4 is 107 Å². The Bertz CT molecular complexity index is 2880. The Balaban J connectivity index is 1.25. The van der Waals surface area contributed by atoms with Crippen LogP contribution >= 0.6 is 22.7 Å². The maximum absolute atomic E-state index is 6.90. The molecule has 0 radical (unpaired) electrons. The molecular formula is C42H22N2OS2. The molecule has 0 spiro atoms. The summed E-state index contributed by atoms with van der Waals surface area (Å²) in [7, 11) is 0. The highest BCUT2D eigenvalue weighted by atomic mass is 32.1. The van der Waals surface area contributed by atoms with Gasteiger partial charge in [0.1, 0.15) is 11.2 Å². The third-order valence-corrected chi connectivity index (χ3v) is 12.1.